The molecule has 0 aliphatic carbocycles. The Morgan fingerprint density at radius 3 is 2.64 bits per heavy atom. The summed E-state index contributed by atoms with van der Waals surface area (Å²) in [6, 6.07) is 1.90. The molecule has 5 heteroatoms. The van der Waals surface area contributed by atoms with Gasteiger partial charge in [0.1, 0.15) is 6.07 Å². The number of hydrogen-bond donors (Lipinski definition) is 0. The predicted molar refractivity (Wildman–Crippen MR) is 45.8 cm³/mol. The van der Waals surface area contributed by atoms with Gasteiger partial charge in [0, 0.05) is 12.4 Å². The first-order chi connectivity index (χ1) is 5.25. The van der Waals surface area contributed by atoms with Gasteiger partial charge in [-0.2, -0.15) is 5.26 Å². The molecule has 0 unspecified atom stereocenters. The van der Waals surface area contributed by atoms with Crippen molar-refractivity contribution in [2.75, 3.05) is 0 Å². The minimum Gasteiger partial charge on any atom is -0.805 e. The van der Waals surface area contributed by atoms with E-state index in [-0.39, 0.29) is 9.93 Å². The number of rotatable bonds is 1. The molecule has 0 aromatic carbocycles. The molecule has 0 aliphatic heterocycles. The van der Waals surface area contributed by atoms with Crippen LogP contribution < -0.4 is 0 Å². The smallest absolute Gasteiger partial charge is 0.114 e. The van der Waals surface area contributed by atoms with E-state index in [1.807, 2.05) is 6.07 Å². The Balaban J connectivity index is 3.12. The van der Waals surface area contributed by atoms with Crippen molar-refractivity contribution in [3.8, 4) is 6.07 Å². The quantitative estimate of drug-likeness (QED) is 0.470. The largest absolute Gasteiger partial charge is 0.805 e. The van der Waals surface area contributed by atoms with E-state index in [0.717, 1.165) is 0 Å². The first-order valence-electron chi connectivity index (χ1n) is 2.72. The summed E-state index contributed by atoms with van der Waals surface area (Å²) >= 11 is 9.34. The van der Waals surface area contributed by atoms with Crippen molar-refractivity contribution < 1.29 is 0 Å². The van der Waals surface area contributed by atoms with Crippen molar-refractivity contribution in [3.05, 3.63) is 23.0 Å². The molecule has 1 rings (SSSR count). The highest BCUT2D eigenvalue weighted by Crippen LogP contribution is 2.06. The van der Waals surface area contributed by atoms with Crippen LogP contribution in [0.4, 0.5) is 0 Å². The molecule has 1 heterocycles. The molecule has 0 saturated carbocycles. The highest BCUT2D eigenvalue weighted by Gasteiger charge is 1.91. The van der Waals surface area contributed by atoms with Crippen LogP contribution in [-0.2, 0) is 25.3 Å². The second-order valence-electron chi connectivity index (χ2n) is 1.72. The number of allylic oxidation sites excluding steroid dienone is 1. The Hall–Kier alpha value is -1.12. The number of nitriles is 1. The molecule has 0 bridgehead atoms. The topological polar surface area (TPSA) is 41.6 Å². The highest BCUT2D eigenvalue weighted by molar-refractivity contribution is 7.85. The van der Waals surface area contributed by atoms with Crippen molar-refractivity contribution in [1.29, 1.82) is 5.26 Å². The Morgan fingerprint density at radius 2 is 2.27 bits per heavy atom. The predicted octanol–water partition coefficient (Wildman–Crippen LogP) is 0.627. The minimum absolute atomic E-state index is 0.158. The third-order valence-corrected chi connectivity index (χ3v) is 1.45. The summed E-state index contributed by atoms with van der Waals surface area (Å²) in [7, 11) is 0. The van der Waals surface area contributed by atoms with Crippen LogP contribution in [0.5, 0.6) is 0 Å². The van der Waals surface area contributed by atoms with Crippen LogP contribution in [0.15, 0.2) is 23.0 Å². The first-order valence-corrected chi connectivity index (χ1v) is 3.54. The standard InChI is InChI=1S/C6H5N3S2/c7-3-5(6(10)11)9-2-1-8-4-9/h1-2,4,10-11H/p-2. The molecule has 0 radical (unpaired) electrons. The van der Waals surface area contributed by atoms with E-state index >= 15 is 0 Å². The second-order valence-corrected chi connectivity index (χ2v) is 2.79. The van der Waals surface area contributed by atoms with Crippen LogP contribution in [0.3, 0.4) is 0 Å². The fourth-order valence-corrected chi connectivity index (χ4v) is 0.902. The summed E-state index contributed by atoms with van der Waals surface area (Å²) in [6.07, 6.45) is 4.67. The third kappa shape index (κ3) is 1.67. The zero-order chi connectivity index (χ0) is 8.27. The Morgan fingerprint density at radius 1 is 1.55 bits per heavy atom. The van der Waals surface area contributed by atoms with Crippen LogP contribution in [0.2, 0.25) is 0 Å². The Kier molecular flexibility index (Phi) is 2.41. The lowest BCUT2D eigenvalue weighted by molar-refractivity contribution is 1.10. The van der Waals surface area contributed by atoms with Crippen molar-refractivity contribution in [2.24, 2.45) is 0 Å². The van der Waals surface area contributed by atoms with Crippen molar-refractivity contribution >= 4 is 31.0 Å². The number of hydrogen-bond acceptors (Lipinski definition) is 4. The second kappa shape index (κ2) is 3.32. The molecule has 56 valence electrons. The van der Waals surface area contributed by atoms with E-state index in [0.29, 0.717) is 0 Å². The number of aromatic nitrogens is 2. The molecular weight excluding hydrogens is 178 g/mol. The van der Waals surface area contributed by atoms with Gasteiger partial charge >= 0.3 is 0 Å². The van der Waals surface area contributed by atoms with Gasteiger partial charge in [-0.1, -0.05) is 0 Å². The van der Waals surface area contributed by atoms with Gasteiger partial charge in [-0.05, 0) is 0 Å². The van der Waals surface area contributed by atoms with E-state index in [1.54, 1.807) is 12.4 Å². The van der Waals surface area contributed by atoms with Crippen molar-refractivity contribution in [1.82, 2.24) is 9.55 Å². The SMILES string of the molecule is N#CC(=C([S-])[S-])n1ccnc1. The molecule has 0 spiro atoms. The van der Waals surface area contributed by atoms with E-state index in [4.69, 9.17) is 5.26 Å². The summed E-state index contributed by atoms with van der Waals surface area (Å²) in [5.41, 5.74) is 0.271. The number of nitrogens with zero attached hydrogens (tertiary/aromatic N) is 3. The summed E-state index contributed by atoms with van der Waals surface area (Å²) < 4.78 is 1.65. The molecule has 0 fully saturated rings. The molecule has 0 N–H and O–H groups in total. The average Bonchev–Trinajstić information content (AvgIpc) is 2.40. The summed E-state index contributed by atoms with van der Waals surface area (Å²) in [5, 5.41) is 8.58. The normalized spacial score (nSPS) is 8.64. The van der Waals surface area contributed by atoms with Gasteiger partial charge in [0.2, 0.25) is 0 Å². The van der Waals surface area contributed by atoms with Crippen LogP contribution >= 0.6 is 0 Å². The molecule has 0 atom stereocenters. The number of imidazole rings is 1. The molecule has 1 aromatic heterocycles. The van der Waals surface area contributed by atoms with Gasteiger partial charge in [0.25, 0.3) is 0 Å². The fraction of sp³-hybridized carbons (Fsp3) is 0. The van der Waals surface area contributed by atoms with Gasteiger partial charge in [-0.15, -0.1) is 0 Å². The zero-order valence-electron chi connectivity index (χ0n) is 5.39. The van der Waals surface area contributed by atoms with Gasteiger partial charge in [-0.3, -0.25) is 4.24 Å². The first kappa shape index (κ1) is 7.98. The van der Waals surface area contributed by atoms with E-state index in [9.17, 15) is 0 Å². The molecular formula is C6H3N3S2-2. The molecule has 11 heavy (non-hydrogen) atoms. The fourth-order valence-electron chi connectivity index (χ4n) is 0.600. The monoisotopic (exact) mass is 181 g/mol. The lowest BCUT2D eigenvalue weighted by Crippen LogP contribution is -1.93. The summed E-state index contributed by atoms with van der Waals surface area (Å²) in [6.45, 7) is 0. The Bertz CT molecular complexity index is 303. The van der Waals surface area contributed by atoms with Gasteiger partial charge < -0.3 is 29.8 Å². The lowest BCUT2D eigenvalue weighted by Gasteiger charge is -2.21. The van der Waals surface area contributed by atoms with Gasteiger partial charge in [0.15, 0.2) is 0 Å². The third-order valence-electron chi connectivity index (χ3n) is 1.06. The molecule has 3 nitrogen and oxygen atoms in total. The maximum absolute atomic E-state index is 8.58. The molecule has 0 saturated heterocycles. The van der Waals surface area contributed by atoms with Gasteiger partial charge in [-0.25, -0.2) is 4.98 Å². The Labute approximate surface area is 75.2 Å². The van der Waals surface area contributed by atoms with Gasteiger partial charge in [0.05, 0.1) is 12.0 Å². The summed E-state index contributed by atoms with van der Waals surface area (Å²) in [4.78, 5) is 3.76. The average molecular weight is 181 g/mol. The molecule has 0 aliphatic rings. The van der Waals surface area contributed by atoms with Crippen LogP contribution in [0, 0.1) is 11.3 Å². The van der Waals surface area contributed by atoms with E-state index in [2.05, 4.69) is 30.2 Å². The maximum Gasteiger partial charge on any atom is 0.114 e. The highest BCUT2D eigenvalue weighted by atomic mass is 32.2. The van der Waals surface area contributed by atoms with Crippen LogP contribution in [0.25, 0.3) is 5.70 Å². The molecule has 0 amide bonds. The lowest BCUT2D eigenvalue weighted by atomic mass is 10.5. The van der Waals surface area contributed by atoms with Crippen LogP contribution in [-0.4, -0.2) is 9.55 Å². The maximum atomic E-state index is 8.58. The van der Waals surface area contributed by atoms with Crippen molar-refractivity contribution in [2.45, 2.75) is 0 Å². The van der Waals surface area contributed by atoms with Crippen LogP contribution in [0.1, 0.15) is 0 Å². The van der Waals surface area contributed by atoms with E-state index in [1.165, 1.54) is 10.9 Å². The zero-order valence-corrected chi connectivity index (χ0v) is 7.02. The summed E-state index contributed by atoms with van der Waals surface area (Å²) in [5.74, 6) is 0. The molecule has 1 aromatic rings. The van der Waals surface area contributed by atoms with Crippen molar-refractivity contribution in [3.63, 3.8) is 0 Å². The minimum atomic E-state index is 0.158. The van der Waals surface area contributed by atoms with E-state index < -0.39 is 0 Å².